The van der Waals surface area contributed by atoms with E-state index < -0.39 is 0 Å². The van der Waals surface area contributed by atoms with Gasteiger partial charge in [0, 0.05) is 16.5 Å². The summed E-state index contributed by atoms with van der Waals surface area (Å²) in [4.78, 5) is 0. The van der Waals surface area contributed by atoms with Gasteiger partial charge in [-0.25, -0.2) is 0 Å². The molecule has 1 rings (SSSR count). The molecule has 3 unspecified atom stereocenters. The SMILES string of the molecule is CC(CO)SC1CCCCC1N. The molecule has 0 spiro atoms. The maximum absolute atomic E-state index is 8.89. The van der Waals surface area contributed by atoms with E-state index in [1.807, 2.05) is 11.8 Å². The third-order valence-electron chi connectivity index (χ3n) is 2.42. The molecule has 3 N–H and O–H groups in total. The van der Waals surface area contributed by atoms with E-state index in [2.05, 4.69) is 6.92 Å². The van der Waals surface area contributed by atoms with Crippen LogP contribution in [0.4, 0.5) is 0 Å². The predicted molar refractivity (Wildman–Crippen MR) is 54.4 cm³/mol. The van der Waals surface area contributed by atoms with Gasteiger partial charge in [0.25, 0.3) is 0 Å². The normalized spacial score (nSPS) is 33.2. The molecule has 0 bridgehead atoms. The Balaban J connectivity index is 2.28. The number of aliphatic hydroxyl groups excluding tert-OH is 1. The summed E-state index contributed by atoms with van der Waals surface area (Å²) in [6, 6.07) is 0.359. The van der Waals surface area contributed by atoms with Crippen molar-refractivity contribution >= 4 is 11.8 Å². The van der Waals surface area contributed by atoms with Crippen molar-refractivity contribution in [1.29, 1.82) is 0 Å². The molecule has 2 nitrogen and oxygen atoms in total. The number of nitrogens with two attached hydrogens (primary N) is 1. The molecule has 1 fully saturated rings. The van der Waals surface area contributed by atoms with Crippen molar-refractivity contribution in [2.75, 3.05) is 6.61 Å². The smallest absolute Gasteiger partial charge is 0.0547 e. The van der Waals surface area contributed by atoms with Gasteiger partial charge in [-0.3, -0.25) is 0 Å². The molecule has 72 valence electrons. The lowest BCUT2D eigenvalue weighted by molar-refractivity contribution is 0.299. The quantitative estimate of drug-likeness (QED) is 0.705. The van der Waals surface area contributed by atoms with Gasteiger partial charge in [-0.15, -0.1) is 0 Å². The predicted octanol–water partition coefficient (Wildman–Crippen LogP) is 1.37. The van der Waals surface area contributed by atoms with Crippen LogP contribution >= 0.6 is 11.8 Å². The molecule has 0 amide bonds. The van der Waals surface area contributed by atoms with Gasteiger partial charge >= 0.3 is 0 Å². The second-order valence-corrected chi connectivity index (χ2v) is 5.30. The van der Waals surface area contributed by atoms with E-state index in [1.165, 1.54) is 19.3 Å². The zero-order chi connectivity index (χ0) is 8.97. The molecule has 3 heteroatoms. The van der Waals surface area contributed by atoms with Gasteiger partial charge in [-0.2, -0.15) is 11.8 Å². The second kappa shape index (κ2) is 5.10. The van der Waals surface area contributed by atoms with Crippen LogP contribution in [-0.4, -0.2) is 28.3 Å². The molecule has 12 heavy (non-hydrogen) atoms. The Kier molecular flexibility index (Phi) is 4.40. The van der Waals surface area contributed by atoms with E-state index in [0.29, 0.717) is 16.5 Å². The topological polar surface area (TPSA) is 46.2 Å². The molecule has 0 radical (unpaired) electrons. The van der Waals surface area contributed by atoms with Crippen molar-refractivity contribution in [3.63, 3.8) is 0 Å². The minimum Gasteiger partial charge on any atom is -0.395 e. The number of thioether (sulfide) groups is 1. The summed E-state index contributed by atoms with van der Waals surface area (Å²) in [5.41, 5.74) is 5.98. The van der Waals surface area contributed by atoms with Crippen molar-refractivity contribution < 1.29 is 5.11 Å². The Hall–Kier alpha value is 0.270. The van der Waals surface area contributed by atoms with Gasteiger partial charge < -0.3 is 10.8 Å². The van der Waals surface area contributed by atoms with Crippen molar-refractivity contribution in [2.24, 2.45) is 5.73 Å². The molecular weight excluding hydrogens is 170 g/mol. The van der Waals surface area contributed by atoms with Crippen molar-refractivity contribution in [3.05, 3.63) is 0 Å². The first-order valence-electron chi connectivity index (χ1n) is 4.76. The average molecular weight is 189 g/mol. The lowest BCUT2D eigenvalue weighted by atomic mass is 9.96. The lowest BCUT2D eigenvalue weighted by Crippen LogP contribution is -2.36. The molecule has 0 aromatic heterocycles. The van der Waals surface area contributed by atoms with E-state index in [4.69, 9.17) is 10.8 Å². The Morgan fingerprint density at radius 2 is 2.17 bits per heavy atom. The third kappa shape index (κ3) is 2.96. The van der Waals surface area contributed by atoms with Gasteiger partial charge in [0.15, 0.2) is 0 Å². The first kappa shape index (κ1) is 10.4. The van der Waals surface area contributed by atoms with Crippen molar-refractivity contribution in [3.8, 4) is 0 Å². The highest BCUT2D eigenvalue weighted by molar-refractivity contribution is 8.00. The molecule has 0 aliphatic heterocycles. The number of hydrogen-bond donors (Lipinski definition) is 2. The Labute approximate surface area is 78.9 Å². The zero-order valence-corrected chi connectivity index (χ0v) is 8.52. The number of aliphatic hydroxyl groups is 1. The van der Waals surface area contributed by atoms with Gasteiger partial charge in [0.05, 0.1) is 6.61 Å². The molecular formula is C9H19NOS. The summed E-state index contributed by atoms with van der Waals surface area (Å²) in [5.74, 6) is 0. The van der Waals surface area contributed by atoms with E-state index in [0.717, 1.165) is 6.42 Å². The molecule has 1 aliphatic rings. The van der Waals surface area contributed by atoms with Crippen LogP contribution in [0.25, 0.3) is 0 Å². The van der Waals surface area contributed by atoms with E-state index >= 15 is 0 Å². The molecule has 1 saturated carbocycles. The molecule has 1 aliphatic carbocycles. The Morgan fingerprint density at radius 3 is 2.75 bits per heavy atom. The van der Waals surface area contributed by atoms with E-state index in [-0.39, 0.29) is 6.61 Å². The van der Waals surface area contributed by atoms with Crippen LogP contribution in [0.15, 0.2) is 0 Å². The summed E-state index contributed by atoms with van der Waals surface area (Å²) < 4.78 is 0. The minimum absolute atomic E-state index is 0.272. The highest BCUT2D eigenvalue weighted by atomic mass is 32.2. The Morgan fingerprint density at radius 1 is 1.50 bits per heavy atom. The fourth-order valence-corrected chi connectivity index (χ4v) is 2.96. The summed E-state index contributed by atoms with van der Waals surface area (Å²) in [6.45, 7) is 2.33. The monoisotopic (exact) mass is 189 g/mol. The molecule has 0 heterocycles. The highest BCUT2D eigenvalue weighted by Gasteiger charge is 2.23. The average Bonchev–Trinajstić information content (AvgIpc) is 2.09. The van der Waals surface area contributed by atoms with E-state index in [1.54, 1.807) is 0 Å². The zero-order valence-electron chi connectivity index (χ0n) is 7.70. The van der Waals surface area contributed by atoms with Gasteiger partial charge in [0.2, 0.25) is 0 Å². The largest absolute Gasteiger partial charge is 0.395 e. The van der Waals surface area contributed by atoms with Crippen LogP contribution in [0.1, 0.15) is 32.6 Å². The van der Waals surface area contributed by atoms with Gasteiger partial charge in [-0.1, -0.05) is 19.8 Å². The van der Waals surface area contributed by atoms with Crippen LogP contribution < -0.4 is 5.73 Å². The second-order valence-electron chi connectivity index (χ2n) is 3.62. The first-order valence-corrected chi connectivity index (χ1v) is 5.70. The highest BCUT2D eigenvalue weighted by Crippen LogP contribution is 2.30. The lowest BCUT2D eigenvalue weighted by Gasteiger charge is -2.29. The molecule has 0 saturated heterocycles. The van der Waals surface area contributed by atoms with Crippen LogP contribution in [0.5, 0.6) is 0 Å². The van der Waals surface area contributed by atoms with Crippen LogP contribution in [0, 0.1) is 0 Å². The third-order valence-corrected chi connectivity index (χ3v) is 3.97. The van der Waals surface area contributed by atoms with Gasteiger partial charge in [0.1, 0.15) is 0 Å². The summed E-state index contributed by atoms with van der Waals surface area (Å²) in [5, 5.41) is 9.82. The van der Waals surface area contributed by atoms with Crippen LogP contribution in [0.2, 0.25) is 0 Å². The molecule has 0 aromatic rings. The van der Waals surface area contributed by atoms with Crippen LogP contribution in [0.3, 0.4) is 0 Å². The summed E-state index contributed by atoms with van der Waals surface area (Å²) >= 11 is 1.85. The molecule has 3 atom stereocenters. The maximum atomic E-state index is 8.89. The fraction of sp³-hybridized carbons (Fsp3) is 1.00. The summed E-state index contributed by atoms with van der Waals surface area (Å²) in [6.07, 6.45) is 4.99. The Bertz CT molecular complexity index is 132. The fourth-order valence-electron chi connectivity index (χ4n) is 1.64. The van der Waals surface area contributed by atoms with Crippen LogP contribution in [-0.2, 0) is 0 Å². The number of hydrogen-bond acceptors (Lipinski definition) is 3. The van der Waals surface area contributed by atoms with Gasteiger partial charge in [-0.05, 0) is 12.8 Å². The summed E-state index contributed by atoms with van der Waals surface area (Å²) in [7, 11) is 0. The maximum Gasteiger partial charge on any atom is 0.0547 e. The first-order chi connectivity index (χ1) is 5.74. The van der Waals surface area contributed by atoms with Crippen molar-refractivity contribution in [1.82, 2.24) is 0 Å². The number of rotatable bonds is 3. The van der Waals surface area contributed by atoms with E-state index in [9.17, 15) is 0 Å². The van der Waals surface area contributed by atoms with Crippen molar-refractivity contribution in [2.45, 2.75) is 49.1 Å². The molecule has 0 aromatic carbocycles. The standard InChI is InChI=1S/C9H19NOS/c1-7(6-11)12-9-5-3-2-4-8(9)10/h7-9,11H,2-6,10H2,1H3. The minimum atomic E-state index is 0.272.